The lowest BCUT2D eigenvalue weighted by atomic mass is 10.1. The molecule has 1 aromatic heterocycles. The quantitative estimate of drug-likeness (QED) is 0.212. The summed E-state index contributed by atoms with van der Waals surface area (Å²) >= 11 is 3.17. The molecule has 0 fully saturated rings. The standard InChI is InChI=1S/C26H26N4O2S2/c1-3-15-30-24(17-33-16-20-9-6-8-19-7-4-5-10-23(19)20)28-29-26(30)34-18-25(31)27-21-11-13-22(32-2)14-12-21/h3-14H,1,15-18H2,2H3,(H,27,31). The SMILES string of the molecule is C=CCn1c(CSCc2cccc3ccccc23)nnc1SCC(=O)Nc1ccc(OC)cc1. The van der Waals surface area contributed by atoms with Gasteiger partial charge in [-0.15, -0.1) is 28.5 Å². The van der Waals surface area contributed by atoms with Crippen molar-refractivity contribution >= 4 is 45.9 Å². The van der Waals surface area contributed by atoms with Gasteiger partial charge in [0.1, 0.15) is 11.6 Å². The van der Waals surface area contributed by atoms with Crippen LogP contribution in [0.4, 0.5) is 5.69 Å². The van der Waals surface area contributed by atoms with Crippen LogP contribution in [0.15, 0.2) is 84.5 Å². The van der Waals surface area contributed by atoms with Crippen molar-refractivity contribution in [2.75, 3.05) is 18.2 Å². The van der Waals surface area contributed by atoms with Crippen LogP contribution >= 0.6 is 23.5 Å². The average molecular weight is 491 g/mol. The van der Waals surface area contributed by atoms with Crippen molar-refractivity contribution in [2.24, 2.45) is 0 Å². The Morgan fingerprint density at radius 3 is 2.65 bits per heavy atom. The first kappa shape index (κ1) is 23.9. The van der Waals surface area contributed by atoms with Crippen LogP contribution in [0.3, 0.4) is 0 Å². The largest absolute Gasteiger partial charge is 0.497 e. The molecular weight excluding hydrogens is 464 g/mol. The fourth-order valence-corrected chi connectivity index (χ4v) is 5.25. The number of hydrogen-bond donors (Lipinski definition) is 1. The molecule has 3 aromatic carbocycles. The number of rotatable bonds is 11. The van der Waals surface area contributed by atoms with E-state index in [1.807, 2.05) is 34.9 Å². The van der Waals surface area contributed by atoms with Crippen molar-refractivity contribution in [3.63, 3.8) is 0 Å². The number of methoxy groups -OCH3 is 1. The van der Waals surface area contributed by atoms with Gasteiger partial charge in [0.2, 0.25) is 5.91 Å². The summed E-state index contributed by atoms with van der Waals surface area (Å²) in [7, 11) is 1.61. The van der Waals surface area contributed by atoms with Gasteiger partial charge >= 0.3 is 0 Å². The summed E-state index contributed by atoms with van der Waals surface area (Å²) in [5.74, 6) is 3.37. The number of thioether (sulfide) groups is 2. The van der Waals surface area contributed by atoms with Crippen molar-refractivity contribution in [1.29, 1.82) is 0 Å². The van der Waals surface area contributed by atoms with Gasteiger partial charge in [-0.1, -0.05) is 60.3 Å². The van der Waals surface area contributed by atoms with Crippen molar-refractivity contribution in [3.8, 4) is 5.75 Å². The Hall–Kier alpha value is -3.23. The van der Waals surface area contributed by atoms with Gasteiger partial charge in [-0.25, -0.2) is 0 Å². The molecule has 0 spiro atoms. The predicted octanol–water partition coefficient (Wildman–Crippen LogP) is 5.79. The molecule has 0 aliphatic rings. The van der Waals surface area contributed by atoms with E-state index >= 15 is 0 Å². The van der Waals surface area contributed by atoms with E-state index in [-0.39, 0.29) is 11.7 Å². The number of benzene rings is 3. The lowest BCUT2D eigenvalue weighted by Crippen LogP contribution is -2.14. The highest BCUT2D eigenvalue weighted by atomic mass is 32.2. The molecule has 4 rings (SSSR count). The smallest absolute Gasteiger partial charge is 0.234 e. The summed E-state index contributed by atoms with van der Waals surface area (Å²) in [4.78, 5) is 12.4. The molecule has 0 saturated carbocycles. The molecule has 6 nitrogen and oxygen atoms in total. The Labute approximate surface area is 207 Å². The number of hydrogen-bond acceptors (Lipinski definition) is 6. The molecule has 1 N–H and O–H groups in total. The van der Waals surface area contributed by atoms with E-state index in [4.69, 9.17) is 4.74 Å². The van der Waals surface area contributed by atoms with Crippen LogP contribution < -0.4 is 10.1 Å². The normalized spacial score (nSPS) is 10.9. The van der Waals surface area contributed by atoms with E-state index in [1.54, 1.807) is 18.9 Å². The molecule has 0 bridgehead atoms. The van der Waals surface area contributed by atoms with E-state index in [1.165, 1.54) is 28.1 Å². The molecular formula is C26H26N4O2S2. The minimum Gasteiger partial charge on any atom is -0.497 e. The average Bonchev–Trinajstić information content (AvgIpc) is 3.25. The highest BCUT2D eigenvalue weighted by Gasteiger charge is 2.14. The van der Waals surface area contributed by atoms with Gasteiger partial charge in [0.25, 0.3) is 0 Å². The fourth-order valence-electron chi connectivity index (χ4n) is 3.52. The molecule has 4 aromatic rings. The zero-order chi connectivity index (χ0) is 23.8. The highest BCUT2D eigenvalue weighted by molar-refractivity contribution is 7.99. The number of allylic oxidation sites excluding steroid dienone is 1. The third-order valence-corrected chi connectivity index (χ3v) is 7.12. The Morgan fingerprint density at radius 2 is 1.85 bits per heavy atom. The van der Waals surface area contributed by atoms with Gasteiger partial charge in [0.05, 0.1) is 18.6 Å². The number of carbonyl (C=O) groups is 1. The molecule has 34 heavy (non-hydrogen) atoms. The van der Waals surface area contributed by atoms with E-state index in [0.717, 1.165) is 28.8 Å². The molecule has 8 heteroatoms. The molecule has 0 atom stereocenters. The van der Waals surface area contributed by atoms with E-state index in [0.29, 0.717) is 11.7 Å². The molecule has 0 unspecified atom stereocenters. The summed E-state index contributed by atoms with van der Waals surface area (Å²) in [6, 6.07) is 22.1. The first-order valence-electron chi connectivity index (χ1n) is 10.8. The van der Waals surface area contributed by atoms with E-state index in [2.05, 4.69) is 64.6 Å². The number of aromatic nitrogens is 3. The summed E-state index contributed by atoms with van der Waals surface area (Å²) in [6.07, 6.45) is 1.82. The second kappa shape index (κ2) is 11.8. The Balaban J connectivity index is 1.35. The molecule has 0 radical (unpaired) electrons. The zero-order valence-electron chi connectivity index (χ0n) is 18.9. The van der Waals surface area contributed by atoms with Crippen LogP contribution in [0.2, 0.25) is 0 Å². The maximum absolute atomic E-state index is 12.4. The Kier molecular flexibility index (Phi) is 8.27. The number of fused-ring (bicyclic) bond motifs is 1. The van der Waals surface area contributed by atoms with Crippen molar-refractivity contribution in [3.05, 3.63) is 90.8 Å². The van der Waals surface area contributed by atoms with Crippen molar-refractivity contribution in [1.82, 2.24) is 14.8 Å². The third-order valence-electron chi connectivity index (χ3n) is 5.18. The van der Waals surface area contributed by atoms with Crippen molar-refractivity contribution in [2.45, 2.75) is 23.2 Å². The zero-order valence-corrected chi connectivity index (χ0v) is 20.6. The topological polar surface area (TPSA) is 69.0 Å². The molecule has 0 aliphatic carbocycles. The second-order valence-electron chi connectivity index (χ2n) is 7.49. The fraction of sp³-hybridized carbons (Fsp3) is 0.192. The van der Waals surface area contributed by atoms with Crippen LogP contribution in [0, 0.1) is 0 Å². The van der Waals surface area contributed by atoms with Gasteiger partial charge < -0.3 is 14.6 Å². The molecule has 1 heterocycles. The summed E-state index contributed by atoms with van der Waals surface area (Å²) < 4.78 is 7.17. The van der Waals surface area contributed by atoms with Gasteiger partial charge in [0.15, 0.2) is 5.16 Å². The van der Waals surface area contributed by atoms with Crippen LogP contribution in [-0.4, -0.2) is 33.5 Å². The predicted molar refractivity (Wildman–Crippen MR) is 142 cm³/mol. The number of carbonyl (C=O) groups excluding carboxylic acids is 1. The summed E-state index contributed by atoms with van der Waals surface area (Å²) in [5.41, 5.74) is 2.03. The number of anilines is 1. The summed E-state index contributed by atoms with van der Waals surface area (Å²) in [5, 5.41) is 14.9. The molecule has 174 valence electrons. The monoisotopic (exact) mass is 490 g/mol. The van der Waals surface area contributed by atoms with Gasteiger partial charge in [-0.05, 0) is 40.6 Å². The van der Waals surface area contributed by atoms with Gasteiger partial charge in [-0.3, -0.25) is 4.79 Å². The molecule has 0 aliphatic heterocycles. The lowest BCUT2D eigenvalue weighted by molar-refractivity contribution is -0.113. The minimum atomic E-state index is -0.102. The molecule has 0 saturated heterocycles. The van der Waals surface area contributed by atoms with Crippen LogP contribution in [0.5, 0.6) is 5.75 Å². The van der Waals surface area contributed by atoms with E-state index < -0.39 is 0 Å². The first-order chi connectivity index (χ1) is 16.7. The number of amides is 1. The Bertz CT molecular complexity index is 1270. The summed E-state index contributed by atoms with van der Waals surface area (Å²) in [6.45, 7) is 4.46. The number of nitrogens with zero attached hydrogens (tertiary/aromatic N) is 3. The second-order valence-corrected chi connectivity index (χ2v) is 9.42. The number of ether oxygens (including phenoxy) is 1. The van der Waals surface area contributed by atoms with Crippen LogP contribution in [0.25, 0.3) is 10.8 Å². The first-order valence-corrected chi connectivity index (χ1v) is 13.0. The van der Waals surface area contributed by atoms with Gasteiger partial charge in [0, 0.05) is 18.0 Å². The van der Waals surface area contributed by atoms with Gasteiger partial charge in [-0.2, -0.15) is 0 Å². The van der Waals surface area contributed by atoms with Crippen LogP contribution in [-0.2, 0) is 22.8 Å². The minimum absolute atomic E-state index is 0.102. The maximum Gasteiger partial charge on any atom is 0.234 e. The highest BCUT2D eigenvalue weighted by Crippen LogP contribution is 2.26. The third kappa shape index (κ3) is 6.01. The van der Waals surface area contributed by atoms with Crippen molar-refractivity contribution < 1.29 is 9.53 Å². The lowest BCUT2D eigenvalue weighted by Gasteiger charge is -2.09. The van der Waals surface area contributed by atoms with Crippen LogP contribution in [0.1, 0.15) is 11.4 Å². The maximum atomic E-state index is 12.4. The molecule has 1 amide bonds. The van der Waals surface area contributed by atoms with E-state index in [9.17, 15) is 4.79 Å². The number of nitrogens with one attached hydrogen (secondary N) is 1. The Morgan fingerprint density at radius 1 is 1.06 bits per heavy atom.